The minimum atomic E-state index is 0.642. The molecule has 2 heteroatoms. The summed E-state index contributed by atoms with van der Waals surface area (Å²) in [6.07, 6.45) is 2.43. The van der Waals surface area contributed by atoms with Crippen molar-refractivity contribution in [2.45, 2.75) is 25.7 Å². The second-order valence-corrected chi connectivity index (χ2v) is 5.03. The Morgan fingerprint density at radius 3 is 2.88 bits per heavy atom. The fraction of sp³-hybridized carbons (Fsp3) is 0.600. The molecule has 0 spiro atoms. The molecule has 1 saturated heterocycles. The lowest BCUT2D eigenvalue weighted by Crippen LogP contribution is -2.24. The summed E-state index contributed by atoms with van der Waals surface area (Å²) >= 11 is 0. The second-order valence-electron chi connectivity index (χ2n) is 5.03. The van der Waals surface area contributed by atoms with E-state index in [1.807, 2.05) is 0 Å². The summed E-state index contributed by atoms with van der Waals surface area (Å²) in [6.45, 7) is 6.41. The lowest BCUT2D eigenvalue weighted by molar-refractivity contribution is 0.185. The van der Waals surface area contributed by atoms with E-state index in [1.165, 1.54) is 18.4 Å². The Labute approximate surface area is 104 Å². The zero-order chi connectivity index (χ0) is 11.9. The number of ether oxygens (including phenoxy) is 1. The van der Waals surface area contributed by atoms with Crippen LogP contribution in [0.1, 0.15) is 31.2 Å². The first-order valence-corrected chi connectivity index (χ1v) is 6.69. The van der Waals surface area contributed by atoms with Gasteiger partial charge in [0.15, 0.2) is 0 Å². The maximum absolute atomic E-state index is 5.36. The molecular formula is C15H23NO. The Kier molecular flexibility index (Phi) is 5.02. The van der Waals surface area contributed by atoms with Crippen LogP contribution in [0.4, 0.5) is 0 Å². The zero-order valence-electron chi connectivity index (χ0n) is 10.7. The molecule has 2 unspecified atom stereocenters. The first-order valence-electron chi connectivity index (χ1n) is 6.69. The first kappa shape index (κ1) is 12.6. The van der Waals surface area contributed by atoms with Gasteiger partial charge in [0.25, 0.3) is 0 Å². The molecule has 0 saturated carbocycles. The van der Waals surface area contributed by atoms with Crippen molar-refractivity contribution in [2.75, 3.05) is 26.3 Å². The molecule has 1 fully saturated rings. The van der Waals surface area contributed by atoms with Gasteiger partial charge < -0.3 is 10.1 Å². The second kappa shape index (κ2) is 6.77. The van der Waals surface area contributed by atoms with Crippen molar-refractivity contribution in [2.24, 2.45) is 5.92 Å². The van der Waals surface area contributed by atoms with Crippen LogP contribution in [0.25, 0.3) is 0 Å². The van der Waals surface area contributed by atoms with Crippen molar-refractivity contribution in [3.05, 3.63) is 35.9 Å². The van der Waals surface area contributed by atoms with Crippen molar-refractivity contribution in [3.63, 3.8) is 0 Å². The lowest BCUT2D eigenvalue weighted by atomic mass is 9.98. The third-order valence-electron chi connectivity index (χ3n) is 3.58. The van der Waals surface area contributed by atoms with Gasteiger partial charge in [0, 0.05) is 13.2 Å². The molecule has 94 valence electrons. The van der Waals surface area contributed by atoms with E-state index in [2.05, 4.69) is 42.6 Å². The highest BCUT2D eigenvalue weighted by atomic mass is 16.5. The average molecular weight is 233 g/mol. The summed E-state index contributed by atoms with van der Waals surface area (Å²) < 4.78 is 5.36. The number of hydrogen-bond acceptors (Lipinski definition) is 2. The van der Waals surface area contributed by atoms with Gasteiger partial charge in [0.1, 0.15) is 0 Å². The number of benzene rings is 1. The Balaban J connectivity index is 1.61. The summed E-state index contributed by atoms with van der Waals surface area (Å²) in [6, 6.07) is 10.8. The lowest BCUT2D eigenvalue weighted by Gasteiger charge is -2.13. The molecular weight excluding hydrogens is 210 g/mol. The van der Waals surface area contributed by atoms with Crippen LogP contribution < -0.4 is 5.32 Å². The molecule has 1 aliphatic rings. The van der Waals surface area contributed by atoms with Crippen LogP contribution >= 0.6 is 0 Å². The monoisotopic (exact) mass is 233 g/mol. The van der Waals surface area contributed by atoms with Gasteiger partial charge >= 0.3 is 0 Å². The van der Waals surface area contributed by atoms with Gasteiger partial charge in [-0.05, 0) is 36.8 Å². The topological polar surface area (TPSA) is 21.3 Å². The highest BCUT2D eigenvalue weighted by molar-refractivity contribution is 5.18. The smallest absolute Gasteiger partial charge is 0.0507 e. The molecule has 0 bridgehead atoms. The fourth-order valence-corrected chi connectivity index (χ4v) is 2.32. The van der Waals surface area contributed by atoms with Crippen LogP contribution in [-0.4, -0.2) is 26.3 Å². The Hall–Kier alpha value is -0.860. The van der Waals surface area contributed by atoms with Gasteiger partial charge in [-0.3, -0.25) is 0 Å². The summed E-state index contributed by atoms with van der Waals surface area (Å²) in [7, 11) is 0. The van der Waals surface area contributed by atoms with E-state index in [4.69, 9.17) is 4.74 Å². The van der Waals surface area contributed by atoms with Gasteiger partial charge in [0.2, 0.25) is 0 Å². The van der Waals surface area contributed by atoms with Crippen molar-refractivity contribution < 1.29 is 4.74 Å². The summed E-state index contributed by atoms with van der Waals surface area (Å²) in [5.74, 6) is 1.38. The molecule has 0 aromatic heterocycles. The van der Waals surface area contributed by atoms with Gasteiger partial charge in [-0.2, -0.15) is 0 Å². The van der Waals surface area contributed by atoms with Gasteiger partial charge in [0.05, 0.1) is 6.61 Å². The third-order valence-corrected chi connectivity index (χ3v) is 3.58. The molecule has 1 aromatic carbocycles. The van der Waals surface area contributed by atoms with Crippen molar-refractivity contribution >= 4 is 0 Å². The number of hydrogen-bond donors (Lipinski definition) is 1. The van der Waals surface area contributed by atoms with Gasteiger partial charge in [-0.1, -0.05) is 37.3 Å². The summed E-state index contributed by atoms with van der Waals surface area (Å²) in [5, 5.41) is 3.55. The third kappa shape index (κ3) is 4.14. The summed E-state index contributed by atoms with van der Waals surface area (Å²) in [5.41, 5.74) is 1.44. The van der Waals surface area contributed by atoms with Gasteiger partial charge in [-0.25, -0.2) is 0 Å². The van der Waals surface area contributed by atoms with Crippen LogP contribution in [0.2, 0.25) is 0 Å². The fourth-order valence-electron chi connectivity index (χ4n) is 2.32. The minimum Gasteiger partial charge on any atom is -0.381 e. The maximum atomic E-state index is 5.36. The number of rotatable bonds is 6. The van der Waals surface area contributed by atoms with E-state index in [-0.39, 0.29) is 0 Å². The van der Waals surface area contributed by atoms with Crippen molar-refractivity contribution in [1.82, 2.24) is 5.32 Å². The average Bonchev–Trinajstić information content (AvgIpc) is 2.88. The van der Waals surface area contributed by atoms with Gasteiger partial charge in [-0.15, -0.1) is 0 Å². The molecule has 0 radical (unpaired) electrons. The van der Waals surface area contributed by atoms with E-state index in [0.717, 1.165) is 32.2 Å². The number of nitrogens with one attached hydrogen (secondary N) is 1. The largest absolute Gasteiger partial charge is 0.381 e. The molecule has 1 aromatic rings. The molecule has 0 aliphatic carbocycles. The van der Waals surface area contributed by atoms with Crippen LogP contribution in [0.5, 0.6) is 0 Å². The zero-order valence-corrected chi connectivity index (χ0v) is 10.7. The van der Waals surface area contributed by atoms with Crippen molar-refractivity contribution in [1.29, 1.82) is 0 Å². The quantitative estimate of drug-likeness (QED) is 0.763. The molecule has 1 aliphatic heterocycles. The Morgan fingerprint density at radius 2 is 2.18 bits per heavy atom. The molecule has 2 rings (SSSR count). The minimum absolute atomic E-state index is 0.642. The normalized spacial score (nSPS) is 21.6. The molecule has 1 heterocycles. The van der Waals surface area contributed by atoms with E-state index in [1.54, 1.807) is 0 Å². The van der Waals surface area contributed by atoms with Crippen LogP contribution in [0.15, 0.2) is 30.3 Å². The highest BCUT2D eigenvalue weighted by Crippen LogP contribution is 2.17. The predicted octanol–water partition coefficient (Wildman–Crippen LogP) is 2.81. The first-order chi connectivity index (χ1) is 8.36. The molecule has 2 nitrogen and oxygen atoms in total. The molecule has 1 N–H and O–H groups in total. The predicted molar refractivity (Wildman–Crippen MR) is 71.3 cm³/mol. The van der Waals surface area contributed by atoms with Crippen LogP contribution in [-0.2, 0) is 4.74 Å². The summed E-state index contributed by atoms with van der Waals surface area (Å²) in [4.78, 5) is 0. The van der Waals surface area contributed by atoms with E-state index >= 15 is 0 Å². The Bertz CT molecular complexity index is 306. The molecule has 0 amide bonds. The van der Waals surface area contributed by atoms with Crippen molar-refractivity contribution in [3.8, 4) is 0 Å². The SMILES string of the molecule is CC(CCNCC1CCOC1)c1ccccc1. The van der Waals surface area contributed by atoms with E-state index in [9.17, 15) is 0 Å². The molecule has 2 atom stereocenters. The highest BCUT2D eigenvalue weighted by Gasteiger charge is 2.14. The van der Waals surface area contributed by atoms with E-state index < -0.39 is 0 Å². The van der Waals surface area contributed by atoms with E-state index in [0.29, 0.717) is 5.92 Å². The molecule has 17 heavy (non-hydrogen) atoms. The Morgan fingerprint density at radius 1 is 1.35 bits per heavy atom. The van der Waals surface area contributed by atoms with Crippen LogP contribution in [0.3, 0.4) is 0 Å². The van der Waals surface area contributed by atoms with Crippen LogP contribution in [0, 0.1) is 5.92 Å². The standard InChI is InChI=1S/C15H23NO/c1-13(15-5-3-2-4-6-15)7-9-16-11-14-8-10-17-12-14/h2-6,13-14,16H,7-12H2,1H3. The maximum Gasteiger partial charge on any atom is 0.0507 e.